The highest BCUT2D eigenvalue weighted by atomic mass is 16.6. The Balaban J connectivity index is 4.22. The third kappa shape index (κ3) is 56.7. The zero-order valence-electron chi connectivity index (χ0n) is 46.6. The molecule has 0 N–H and O–H groups in total. The second kappa shape index (κ2) is 58.5. The average Bonchev–Trinajstić information content (AvgIpc) is 3.35. The summed E-state index contributed by atoms with van der Waals surface area (Å²) in [5.74, 6) is -0.858. The average molecular weight is 972 g/mol. The van der Waals surface area contributed by atoms with Crippen LogP contribution in [0.4, 0.5) is 0 Å². The van der Waals surface area contributed by atoms with Crippen LogP contribution in [0.2, 0.25) is 0 Å². The number of ether oxygens (including phenoxy) is 3. The summed E-state index contributed by atoms with van der Waals surface area (Å²) in [7, 11) is 0. The molecule has 0 amide bonds. The predicted octanol–water partition coefficient (Wildman–Crippen LogP) is 20.7. The van der Waals surface area contributed by atoms with Gasteiger partial charge in [-0.25, -0.2) is 0 Å². The molecule has 0 aliphatic carbocycles. The van der Waals surface area contributed by atoms with Gasteiger partial charge in [-0.2, -0.15) is 0 Å². The van der Waals surface area contributed by atoms with Crippen molar-refractivity contribution < 1.29 is 28.6 Å². The van der Waals surface area contributed by atoms with E-state index in [0.29, 0.717) is 19.3 Å². The van der Waals surface area contributed by atoms with Crippen molar-refractivity contribution in [2.24, 2.45) is 0 Å². The molecule has 69 heavy (non-hydrogen) atoms. The van der Waals surface area contributed by atoms with Crippen LogP contribution in [-0.4, -0.2) is 37.2 Å². The number of esters is 3. The maximum Gasteiger partial charge on any atom is 0.306 e. The number of hydrogen-bond acceptors (Lipinski definition) is 6. The molecule has 0 spiro atoms. The molecule has 0 aromatic heterocycles. The molecule has 0 aliphatic heterocycles. The van der Waals surface area contributed by atoms with Gasteiger partial charge in [0.1, 0.15) is 13.2 Å². The smallest absolute Gasteiger partial charge is 0.306 e. The van der Waals surface area contributed by atoms with Gasteiger partial charge in [-0.1, -0.05) is 283 Å². The molecule has 0 aromatic rings. The summed E-state index contributed by atoms with van der Waals surface area (Å²) in [5.41, 5.74) is 0. The lowest BCUT2D eigenvalue weighted by Gasteiger charge is -2.18. The number of carbonyl (C=O) groups is 3. The lowest BCUT2D eigenvalue weighted by Crippen LogP contribution is -2.30. The molecular weight excluding hydrogens is 853 g/mol. The summed E-state index contributed by atoms with van der Waals surface area (Å²) < 4.78 is 16.9. The highest BCUT2D eigenvalue weighted by Crippen LogP contribution is 2.17. The molecule has 1 atom stereocenters. The number of allylic oxidation sites excluding steroid dienone is 4. The van der Waals surface area contributed by atoms with Crippen molar-refractivity contribution >= 4 is 17.9 Å². The van der Waals surface area contributed by atoms with E-state index in [-0.39, 0.29) is 31.1 Å². The van der Waals surface area contributed by atoms with Crippen LogP contribution in [-0.2, 0) is 28.6 Å². The molecule has 0 bridgehead atoms. The summed E-state index contributed by atoms with van der Waals surface area (Å²) in [5, 5.41) is 0. The van der Waals surface area contributed by atoms with Crippen LogP contribution in [0.5, 0.6) is 0 Å². The minimum Gasteiger partial charge on any atom is -0.462 e. The van der Waals surface area contributed by atoms with Crippen LogP contribution in [0.1, 0.15) is 342 Å². The lowest BCUT2D eigenvalue weighted by atomic mass is 10.0. The molecule has 0 unspecified atom stereocenters. The van der Waals surface area contributed by atoms with Crippen LogP contribution in [0.3, 0.4) is 0 Å². The van der Waals surface area contributed by atoms with Crippen LogP contribution < -0.4 is 0 Å². The first-order valence-corrected chi connectivity index (χ1v) is 30.8. The zero-order valence-corrected chi connectivity index (χ0v) is 46.6. The molecule has 406 valence electrons. The summed E-state index contributed by atoms with van der Waals surface area (Å²) in [6.07, 6.45) is 69.0. The third-order valence-corrected chi connectivity index (χ3v) is 13.9. The van der Waals surface area contributed by atoms with E-state index in [0.717, 1.165) is 64.2 Å². The van der Waals surface area contributed by atoms with Crippen LogP contribution in [0.25, 0.3) is 0 Å². The highest BCUT2D eigenvalue weighted by Gasteiger charge is 2.19. The van der Waals surface area contributed by atoms with Gasteiger partial charge in [0.05, 0.1) is 0 Å². The summed E-state index contributed by atoms with van der Waals surface area (Å²) >= 11 is 0. The van der Waals surface area contributed by atoms with E-state index in [1.54, 1.807) is 0 Å². The maximum absolute atomic E-state index is 12.8. The molecule has 0 rings (SSSR count). The molecule has 6 heteroatoms. The van der Waals surface area contributed by atoms with Crippen LogP contribution >= 0.6 is 0 Å². The van der Waals surface area contributed by atoms with Crippen molar-refractivity contribution in [2.45, 2.75) is 348 Å². The first-order chi connectivity index (χ1) is 34.0. The van der Waals surface area contributed by atoms with Gasteiger partial charge in [-0.15, -0.1) is 0 Å². The molecular formula is C63H118O6. The van der Waals surface area contributed by atoms with Crippen molar-refractivity contribution in [3.05, 3.63) is 24.3 Å². The van der Waals surface area contributed by atoms with E-state index in [1.807, 2.05) is 0 Å². The monoisotopic (exact) mass is 971 g/mol. The van der Waals surface area contributed by atoms with Crippen molar-refractivity contribution in [1.82, 2.24) is 0 Å². The maximum atomic E-state index is 12.8. The molecule has 0 saturated heterocycles. The number of unbranched alkanes of at least 4 members (excludes halogenated alkanes) is 42. The molecule has 0 fully saturated rings. The minimum atomic E-state index is -0.772. The van der Waals surface area contributed by atoms with Gasteiger partial charge < -0.3 is 14.2 Å². The van der Waals surface area contributed by atoms with Crippen molar-refractivity contribution in [3.8, 4) is 0 Å². The Kier molecular flexibility index (Phi) is 56.7. The Bertz CT molecular complexity index is 1110. The quantitative estimate of drug-likeness (QED) is 0.0261. The van der Waals surface area contributed by atoms with E-state index in [1.165, 1.54) is 238 Å². The molecule has 0 radical (unpaired) electrons. The van der Waals surface area contributed by atoms with Crippen LogP contribution in [0, 0.1) is 0 Å². The van der Waals surface area contributed by atoms with E-state index >= 15 is 0 Å². The van der Waals surface area contributed by atoms with Gasteiger partial charge in [0, 0.05) is 19.3 Å². The summed E-state index contributed by atoms with van der Waals surface area (Å²) in [6, 6.07) is 0. The van der Waals surface area contributed by atoms with Gasteiger partial charge in [0.25, 0.3) is 0 Å². The van der Waals surface area contributed by atoms with Gasteiger partial charge >= 0.3 is 17.9 Å². The van der Waals surface area contributed by atoms with Gasteiger partial charge in [-0.05, 0) is 64.2 Å². The second-order valence-electron chi connectivity index (χ2n) is 21.0. The van der Waals surface area contributed by atoms with Gasteiger partial charge in [0.15, 0.2) is 6.10 Å². The van der Waals surface area contributed by atoms with E-state index in [2.05, 4.69) is 45.1 Å². The largest absolute Gasteiger partial charge is 0.462 e. The normalized spacial score (nSPS) is 12.1. The van der Waals surface area contributed by atoms with Crippen molar-refractivity contribution in [3.63, 3.8) is 0 Å². The van der Waals surface area contributed by atoms with Crippen LogP contribution in [0.15, 0.2) is 24.3 Å². The Morgan fingerprint density at radius 1 is 0.275 bits per heavy atom. The molecule has 0 aromatic carbocycles. The molecule has 0 aliphatic rings. The highest BCUT2D eigenvalue weighted by molar-refractivity contribution is 5.71. The molecule has 0 saturated carbocycles. The van der Waals surface area contributed by atoms with Gasteiger partial charge in [-0.3, -0.25) is 14.4 Å². The fourth-order valence-electron chi connectivity index (χ4n) is 9.25. The Morgan fingerprint density at radius 2 is 0.493 bits per heavy atom. The van der Waals surface area contributed by atoms with E-state index in [4.69, 9.17) is 14.2 Å². The Labute approximate surface area is 430 Å². The first kappa shape index (κ1) is 66.9. The Morgan fingerprint density at radius 3 is 0.768 bits per heavy atom. The number of hydrogen-bond donors (Lipinski definition) is 0. The third-order valence-electron chi connectivity index (χ3n) is 13.9. The Hall–Kier alpha value is -2.11. The topological polar surface area (TPSA) is 78.9 Å². The number of carbonyl (C=O) groups excluding carboxylic acids is 3. The predicted molar refractivity (Wildman–Crippen MR) is 298 cm³/mol. The SMILES string of the molecule is CCCC/C=C\CCCCCCCC(=O)O[C@H](COC(=O)CCCCCCCCCCCCC/C=C\CCCCCCCC)COC(=O)CCCCCCCCCCCCCCCCCCCCC. The van der Waals surface area contributed by atoms with E-state index < -0.39 is 6.10 Å². The first-order valence-electron chi connectivity index (χ1n) is 30.8. The fraction of sp³-hybridized carbons (Fsp3) is 0.889. The summed E-state index contributed by atoms with van der Waals surface area (Å²) in [6.45, 7) is 6.65. The van der Waals surface area contributed by atoms with Crippen molar-refractivity contribution in [2.75, 3.05) is 13.2 Å². The standard InChI is InChI=1S/C63H118O6/c1-4-7-10-13-16-19-22-24-26-28-30-31-33-35-37-39-42-44-47-50-53-56-62(65)68-59-60(69-63(66)57-54-51-48-45-40-21-18-15-12-9-6-3)58-67-61(64)55-52-49-46-43-41-38-36-34-32-29-27-25-23-20-17-14-11-8-5-2/h15,18,24,26,60H,4-14,16-17,19-23,25,27-59H2,1-3H3/b18-15-,26-24-/t60-/m0/s1. The van der Waals surface area contributed by atoms with Crippen molar-refractivity contribution in [1.29, 1.82) is 0 Å². The molecule has 6 nitrogen and oxygen atoms in total. The molecule has 0 heterocycles. The fourth-order valence-corrected chi connectivity index (χ4v) is 9.25. The lowest BCUT2D eigenvalue weighted by molar-refractivity contribution is -0.167. The van der Waals surface area contributed by atoms with E-state index in [9.17, 15) is 14.4 Å². The second-order valence-corrected chi connectivity index (χ2v) is 21.0. The minimum absolute atomic E-state index is 0.0700. The van der Waals surface area contributed by atoms with Gasteiger partial charge in [0.2, 0.25) is 0 Å². The number of rotatable bonds is 57. The zero-order chi connectivity index (χ0) is 50.0. The summed E-state index contributed by atoms with van der Waals surface area (Å²) in [4.78, 5) is 38.2.